The fourth-order valence-corrected chi connectivity index (χ4v) is 5.10. The molecule has 0 amide bonds. The summed E-state index contributed by atoms with van der Waals surface area (Å²) in [5, 5.41) is 0. The van der Waals surface area contributed by atoms with Crippen LogP contribution < -0.4 is 19.1 Å². The normalized spacial score (nSPS) is 18.2. The smallest absolute Gasteiger partial charge is 0.162 e. The Labute approximate surface area is 207 Å². The van der Waals surface area contributed by atoms with Crippen LogP contribution in [0.4, 0.5) is 11.5 Å². The molecule has 3 aliphatic rings. The molecule has 0 N–H and O–H groups in total. The van der Waals surface area contributed by atoms with Crippen LogP contribution in [0.2, 0.25) is 0 Å². The van der Waals surface area contributed by atoms with Gasteiger partial charge in [-0.2, -0.15) is 0 Å². The molecular weight excluding hydrogens is 440 g/mol. The lowest BCUT2D eigenvalue weighted by Crippen LogP contribution is -2.45. The topological polar surface area (TPSA) is 59.4 Å². The number of anilines is 1. The number of rotatable bonds is 7. The van der Waals surface area contributed by atoms with Crippen molar-refractivity contribution in [1.29, 1.82) is 0 Å². The lowest BCUT2D eigenvalue weighted by molar-refractivity contribution is 0.251. The van der Waals surface area contributed by atoms with Crippen molar-refractivity contribution in [3.63, 3.8) is 0 Å². The highest BCUT2D eigenvalue weighted by molar-refractivity contribution is 5.93. The molecule has 184 valence electrons. The molecule has 2 fully saturated rings. The maximum atomic E-state index is 5.98. The van der Waals surface area contributed by atoms with Gasteiger partial charge in [0.05, 0.1) is 32.7 Å². The largest absolute Gasteiger partial charge is 0.493 e. The zero-order chi connectivity index (χ0) is 24.2. The number of aliphatic imine (C=N–C) groups is 1. The molecule has 1 aliphatic carbocycles. The van der Waals surface area contributed by atoms with E-state index in [4.69, 9.17) is 19.2 Å². The van der Waals surface area contributed by atoms with Crippen LogP contribution in [0, 0.1) is 5.92 Å². The van der Waals surface area contributed by atoms with Crippen molar-refractivity contribution in [2.45, 2.75) is 25.7 Å². The van der Waals surface area contributed by atoms with Gasteiger partial charge in [-0.05, 0) is 48.6 Å². The molecule has 3 heterocycles. The summed E-state index contributed by atoms with van der Waals surface area (Å²) in [5.41, 5.74) is 3.84. The molecule has 1 saturated heterocycles. The van der Waals surface area contributed by atoms with E-state index in [1.807, 2.05) is 18.3 Å². The number of methoxy groups -OCH3 is 2. The molecule has 0 radical (unpaired) electrons. The van der Waals surface area contributed by atoms with Gasteiger partial charge in [-0.25, -0.2) is 4.98 Å². The van der Waals surface area contributed by atoms with Gasteiger partial charge >= 0.3 is 0 Å². The predicted molar refractivity (Wildman–Crippen MR) is 140 cm³/mol. The summed E-state index contributed by atoms with van der Waals surface area (Å²) in [5.74, 6) is 3.92. The molecule has 1 saturated carbocycles. The molecule has 2 aliphatic heterocycles. The summed E-state index contributed by atoms with van der Waals surface area (Å²) >= 11 is 0. The molecule has 0 unspecified atom stereocenters. The summed E-state index contributed by atoms with van der Waals surface area (Å²) in [6.07, 6.45) is 11.0. The van der Waals surface area contributed by atoms with E-state index in [0.29, 0.717) is 17.4 Å². The van der Waals surface area contributed by atoms with Gasteiger partial charge in [0.25, 0.3) is 0 Å². The SMILES string of the molecule is C=C1C=Nc2cc(OC)c(OC)cc2C(N2CCN(c3ccc(OCC4CCCC4)cn3)CC2)=C1. The van der Waals surface area contributed by atoms with Crippen LogP contribution in [0.25, 0.3) is 5.70 Å². The highest BCUT2D eigenvalue weighted by Gasteiger charge is 2.25. The first-order chi connectivity index (χ1) is 17.1. The van der Waals surface area contributed by atoms with Crippen molar-refractivity contribution >= 4 is 23.4 Å². The first-order valence-corrected chi connectivity index (χ1v) is 12.4. The minimum Gasteiger partial charge on any atom is -0.493 e. The van der Waals surface area contributed by atoms with E-state index in [9.17, 15) is 0 Å². The number of benzene rings is 1. The number of ether oxygens (including phenoxy) is 3. The lowest BCUT2D eigenvalue weighted by atomic mass is 10.1. The van der Waals surface area contributed by atoms with Gasteiger partial charge < -0.3 is 24.0 Å². The summed E-state index contributed by atoms with van der Waals surface area (Å²) in [7, 11) is 3.30. The Kier molecular flexibility index (Phi) is 6.93. The van der Waals surface area contributed by atoms with E-state index in [0.717, 1.165) is 66.9 Å². The van der Waals surface area contributed by atoms with Gasteiger partial charge in [-0.1, -0.05) is 19.4 Å². The summed E-state index contributed by atoms with van der Waals surface area (Å²) in [6.45, 7) is 8.45. The number of aromatic nitrogens is 1. The Bertz CT molecular complexity index is 1110. The molecule has 1 aromatic carbocycles. The zero-order valence-electron chi connectivity index (χ0n) is 20.7. The molecule has 35 heavy (non-hydrogen) atoms. The quantitative estimate of drug-likeness (QED) is 0.556. The van der Waals surface area contributed by atoms with Gasteiger partial charge in [-0.3, -0.25) is 4.99 Å². The van der Waals surface area contributed by atoms with Crippen LogP contribution in [-0.4, -0.2) is 63.1 Å². The van der Waals surface area contributed by atoms with Gasteiger partial charge in [0.1, 0.15) is 11.6 Å². The van der Waals surface area contributed by atoms with Crippen molar-refractivity contribution in [2.24, 2.45) is 10.9 Å². The number of allylic oxidation sites excluding steroid dienone is 2. The van der Waals surface area contributed by atoms with Crippen molar-refractivity contribution in [3.8, 4) is 17.2 Å². The van der Waals surface area contributed by atoms with Crippen LogP contribution in [-0.2, 0) is 0 Å². The third kappa shape index (κ3) is 5.14. The number of fused-ring (bicyclic) bond motifs is 1. The van der Waals surface area contributed by atoms with Crippen LogP contribution in [0.5, 0.6) is 17.2 Å². The number of hydrogen-bond donors (Lipinski definition) is 0. The second kappa shape index (κ2) is 10.4. The predicted octanol–water partition coefficient (Wildman–Crippen LogP) is 5.10. The van der Waals surface area contributed by atoms with Crippen LogP contribution >= 0.6 is 0 Å². The molecule has 1 aromatic heterocycles. The summed E-state index contributed by atoms with van der Waals surface area (Å²) in [6, 6.07) is 8.06. The Balaban J connectivity index is 1.26. The van der Waals surface area contributed by atoms with E-state index in [1.54, 1.807) is 20.4 Å². The standard InChI is InChI=1S/C28H34N4O3/c1-20-14-25(23-15-26(33-2)27(34-3)16-24(23)29-17-20)31-10-12-32(13-11-31)28-9-8-22(18-30-28)35-19-21-6-4-5-7-21/h8-9,14-18,21H,1,4-7,10-13,19H2,2-3H3. The fraction of sp³-hybridized carbons (Fsp3) is 0.429. The Morgan fingerprint density at radius 3 is 2.37 bits per heavy atom. The maximum Gasteiger partial charge on any atom is 0.162 e. The summed E-state index contributed by atoms with van der Waals surface area (Å²) < 4.78 is 17.0. The number of pyridine rings is 1. The van der Waals surface area contributed by atoms with Gasteiger partial charge in [0.15, 0.2) is 11.5 Å². The van der Waals surface area contributed by atoms with Crippen LogP contribution in [0.3, 0.4) is 0 Å². The molecule has 0 spiro atoms. The number of piperazine rings is 1. The highest BCUT2D eigenvalue weighted by Crippen LogP contribution is 2.40. The van der Waals surface area contributed by atoms with E-state index >= 15 is 0 Å². The minimum absolute atomic E-state index is 0.668. The van der Waals surface area contributed by atoms with E-state index in [1.165, 1.54) is 25.7 Å². The van der Waals surface area contributed by atoms with Gasteiger partial charge in [-0.15, -0.1) is 0 Å². The van der Waals surface area contributed by atoms with Crippen molar-refractivity contribution in [2.75, 3.05) is 51.9 Å². The van der Waals surface area contributed by atoms with Crippen molar-refractivity contribution in [3.05, 3.63) is 54.3 Å². The third-order valence-corrected chi connectivity index (χ3v) is 7.09. The molecule has 5 rings (SSSR count). The molecule has 2 aromatic rings. The van der Waals surface area contributed by atoms with E-state index in [-0.39, 0.29) is 0 Å². The van der Waals surface area contributed by atoms with E-state index in [2.05, 4.69) is 39.6 Å². The Morgan fingerprint density at radius 1 is 0.971 bits per heavy atom. The highest BCUT2D eigenvalue weighted by atomic mass is 16.5. The number of hydrogen-bond acceptors (Lipinski definition) is 7. The van der Waals surface area contributed by atoms with Crippen molar-refractivity contribution in [1.82, 2.24) is 9.88 Å². The Morgan fingerprint density at radius 2 is 1.69 bits per heavy atom. The molecule has 0 atom stereocenters. The fourth-order valence-electron chi connectivity index (χ4n) is 5.10. The van der Waals surface area contributed by atoms with Crippen molar-refractivity contribution < 1.29 is 14.2 Å². The van der Waals surface area contributed by atoms with Crippen LogP contribution in [0.15, 0.2) is 53.7 Å². The second-order valence-corrected chi connectivity index (χ2v) is 9.37. The molecule has 7 nitrogen and oxygen atoms in total. The molecular formula is C28H34N4O3. The first-order valence-electron chi connectivity index (χ1n) is 12.4. The maximum absolute atomic E-state index is 5.98. The van der Waals surface area contributed by atoms with Gasteiger partial charge in [0.2, 0.25) is 0 Å². The lowest BCUT2D eigenvalue weighted by Gasteiger charge is -2.38. The average molecular weight is 475 g/mol. The van der Waals surface area contributed by atoms with Crippen LogP contribution in [0.1, 0.15) is 31.2 Å². The number of nitrogens with zero attached hydrogens (tertiary/aromatic N) is 4. The Hall–Kier alpha value is -3.48. The minimum atomic E-state index is 0.668. The monoisotopic (exact) mass is 474 g/mol. The summed E-state index contributed by atoms with van der Waals surface area (Å²) in [4.78, 5) is 14.0. The molecule has 7 heteroatoms. The van der Waals surface area contributed by atoms with Gasteiger partial charge in [0, 0.05) is 49.7 Å². The molecule has 0 bridgehead atoms. The second-order valence-electron chi connectivity index (χ2n) is 9.37. The third-order valence-electron chi connectivity index (χ3n) is 7.09. The first kappa shape index (κ1) is 23.3. The average Bonchev–Trinajstić information content (AvgIpc) is 3.37. The van der Waals surface area contributed by atoms with E-state index < -0.39 is 0 Å². The zero-order valence-corrected chi connectivity index (χ0v) is 20.7.